The van der Waals surface area contributed by atoms with Gasteiger partial charge >= 0.3 is 0 Å². The molecule has 4 heteroatoms. The molecule has 2 unspecified atom stereocenters. The molecule has 0 radical (unpaired) electrons. The first-order chi connectivity index (χ1) is 32.1. The van der Waals surface area contributed by atoms with Crippen LogP contribution in [0.3, 0.4) is 0 Å². The van der Waals surface area contributed by atoms with Crippen molar-refractivity contribution in [2.45, 2.75) is 24.9 Å². The monoisotopic (exact) mass is 832 g/mol. The van der Waals surface area contributed by atoms with Crippen molar-refractivity contribution < 1.29 is 0 Å². The smallest absolute Gasteiger partial charge is 0.155 e. The molecule has 0 amide bonds. The topological polar surface area (TPSA) is 25.5 Å². The number of hydrogen-bond acceptors (Lipinski definition) is 2. The number of para-hydroxylation sites is 3. The van der Waals surface area contributed by atoms with Gasteiger partial charge in [-0.05, 0) is 82.6 Å². The fourth-order valence-electron chi connectivity index (χ4n) is 10.6. The molecular weight excluding hydrogens is 789 g/mol. The minimum absolute atomic E-state index is 0.0597. The molecule has 0 N–H and O–H groups in total. The van der Waals surface area contributed by atoms with Crippen LogP contribution < -0.4 is 4.90 Å². The Bertz CT molecular complexity index is 3690. The Hall–Kier alpha value is -8.21. The van der Waals surface area contributed by atoms with E-state index in [-0.39, 0.29) is 11.6 Å². The van der Waals surface area contributed by atoms with Gasteiger partial charge in [0.15, 0.2) is 6.17 Å². The number of rotatable bonds is 7. The lowest BCUT2D eigenvalue weighted by molar-refractivity contribution is 0.596. The Balaban J connectivity index is 0.938. The molecule has 2 atom stereocenters. The standard InChI is InChI=1S/C61H44N4/c1-61(46-19-6-3-7-20-46)38-36-44(37-39-61)60-62-59(64(60)48-32-28-42(29-33-48)41-16-4-2-5-17-41)43-30-34-47(35-31-43)63-55-27-15-12-24-52(55)57-56(63)40-45-18-8-9-21-49(45)58(57)65-53-25-13-10-22-50(53)51-23-11-14-26-54(51)65/h2-38,40,59H,39H2,1H3. The minimum atomic E-state index is -0.164. The molecule has 2 aromatic heterocycles. The lowest BCUT2D eigenvalue weighted by Crippen LogP contribution is -2.44. The Morgan fingerprint density at radius 1 is 0.492 bits per heavy atom. The van der Waals surface area contributed by atoms with Crippen LogP contribution in [0.5, 0.6) is 0 Å². The number of allylic oxidation sites excluding steroid dienone is 2. The van der Waals surface area contributed by atoms with Crippen molar-refractivity contribution in [3.05, 3.63) is 247 Å². The third-order valence-electron chi connectivity index (χ3n) is 13.9. The van der Waals surface area contributed by atoms with Crippen molar-refractivity contribution in [2.24, 2.45) is 4.99 Å². The van der Waals surface area contributed by atoms with E-state index in [1.807, 2.05) is 0 Å². The fraction of sp³-hybridized carbons (Fsp3) is 0.0656. The van der Waals surface area contributed by atoms with E-state index in [1.165, 1.54) is 76.8 Å². The predicted molar refractivity (Wildman–Crippen MR) is 273 cm³/mol. The largest absolute Gasteiger partial charge is 0.309 e. The van der Waals surface area contributed by atoms with Gasteiger partial charge in [-0.25, -0.2) is 4.99 Å². The second-order valence-electron chi connectivity index (χ2n) is 17.7. The summed E-state index contributed by atoms with van der Waals surface area (Å²) < 4.78 is 4.96. The summed E-state index contributed by atoms with van der Waals surface area (Å²) in [6.07, 6.45) is 7.76. The molecule has 9 aromatic carbocycles. The van der Waals surface area contributed by atoms with Gasteiger partial charge in [0.05, 0.1) is 27.8 Å². The maximum atomic E-state index is 5.40. The van der Waals surface area contributed by atoms with E-state index < -0.39 is 0 Å². The normalized spacial score (nSPS) is 17.2. The maximum absolute atomic E-state index is 5.40. The van der Waals surface area contributed by atoms with Gasteiger partial charge in [0.1, 0.15) is 5.84 Å². The highest BCUT2D eigenvalue weighted by molar-refractivity contribution is 6.22. The second kappa shape index (κ2) is 14.7. The summed E-state index contributed by atoms with van der Waals surface area (Å²) in [5, 5.41) is 7.42. The van der Waals surface area contributed by atoms with Gasteiger partial charge < -0.3 is 9.13 Å². The van der Waals surface area contributed by atoms with Crippen LogP contribution in [-0.4, -0.2) is 15.0 Å². The van der Waals surface area contributed by atoms with Gasteiger partial charge in [-0.2, -0.15) is 0 Å². The molecule has 0 saturated heterocycles. The lowest BCUT2D eigenvalue weighted by Gasteiger charge is -2.42. The molecule has 65 heavy (non-hydrogen) atoms. The SMILES string of the molecule is CC1(c2ccccc2)C=CC(C2=NC(c3ccc(-n4c5ccccc5c5c(-n6c7ccccc7c7ccccc76)c6ccccc6cc54)cc3)N2c2ccc(-c3ccccc3)cc2)=CC1. The summed E-state index contributed by atoms with van der Waals surface area (Å²) in [5.74, 6) is 1.00. The van der Waals surface area contributed by atoms with Crippen LogP contribution in [-0.2, 0) is 5.41 Å². The average Bonchev–Trinajstić information content (AvgIpc) is 3.87. The van der Waals surface area contributed by atoms with Crippen molar-refractivity contribution in [1.82, 2.24) is 9.13 Å². The van der Waals surface area contributed by atoms with Gasteiger partial charge in [-0.1, -0.05) is 189 Å². The highest BCUT2D eigenvalue weighted by Gasteiger charge is 2.37. The Kier molecular flexibility index (Phi) is 8.44. The average molecular weight is 833 g/mol. The highest BCUT2D eigenvalue weighted by Crippen LogP contribution is 2.45. The summed E-state index contributed by atoms with van der Waals surface area (Å²) in [7, 11) is 0. The molecule has 0 spiro atoms. The molecule has 3 heterocycles. The highest BCUT2D eigenvalue weighted by atomic mass is 15.4. The van der Waals surface area contributed by atoms with Crippen LogP contribution in [0.1, 0.15) is 30.6 Å². The van der Waals surface area contributed by atoms with E-state index in [2.05, 4.69) is 252 Å². The third-order valence-corrected chi connectivity index (χ3v) is 13.9. The van der Waals surface area contributed by atoms with Gasteiger partial charge in [-0.3, -0.25) is 4.90 Å². The number of anilines is 1. The predicted octanol–water partition coefficient (Wildman–Crippen LogP) is 15.5. The summed E-state index contributed by atoms with van der Waals surface area (Å²) in [5.41, 5.74) is 14.2. The van der Waals surface area contributed by atoms with Crippen molar-refractivity contribution in [3.63, 3.8) is 0 Å². The van der Waals surface area contributed by atoms with Crippen LogP contribution >= 0.6 is 0 Å². The molecule has 2 aliphatic rings. The summed E-state index contributed by atoms with van der Waals surface area (Å²) in [4.78, 5) is 7.82. The van der Waals surface area contributed by atoms with Crippen LogP contribution in [0.25, 0.3) is 76.9 Å². The number of benzene rings is 9. The first-order valence-corrected chi connectivity index (χ1v) is 22.6. The lowest BCUT2D eigenvalue weighted by atomic mass is 9.76. The number of amidine groups is 1. The van der Waals surface area contributed by atoms with E-state index in [0.29, 0.717) is 0 Å². The first kappa shape index (κ1) is 37.4. The number of aliphatic imine (C=N–C) groups is 1. The van der Waals surface area contributed by atoms with Gasteiger partial charge in [-0.15, -0.1) is 0 Å². The fourth-order valence-corrected chi connectivity index (χ4v) is 10.6. The van der Waals surface area contributed by atoms with Gasteiger partial charge in [0, 0.05) is 49.3 Å². The van der Waals surface area contributed by atoms with Crippen LogP contribution in [0.4, 0.5) is 5.69 Å². The molecule has 0 bridgehead atoms. The van der Waals surface area contributed by atoms with Crippen LogP contribution in [0.2, 0.25) is 0 Å². The molecule has 308 valence electrons. The molecule has 11 aromatic rings. The molecule has 0 saturated carbocycles. The van der Waals surface area contributed by atoms with E-state index in [0.717, 1.165) is 34.8 Å². The van der Waals surface area contributed by atoms with E-state index in [9.17, 15) is 0 Å². The van der Waals surface area contributed by atoms with Crippen molar-refractivity contribution in [2.75, 3.05) is 4.90 Å². The molecule has 1 aliphatic carbocycles. The molecule has 0 fully saturated rings. The third kappa shape index (κ3) is 5.87. The number of nitrogens with zero attached hydrogens (tertiary/aromatic N) is 4. The maximum Gasteiger partial charge on any atom is 0.155 e. The zero-order chi connectivity index (χ0) is 43.1. The summed E-state index contributed by atoms with van der Waals surface area (Å²) >= 11 is 0. The summed E-state index contributed by atoms with van der Waals surface area (Å²) in [6, 6.07) is 77.3. The van der Waals surface area contributed by atoms with Crippen molar-refractivity contribution in [1.29, 1.82) is 0 Å². The van der Waals surface area contributed by atoms with Gasteiger partial charge in [0.2, 0.25) is 0 Å². The Morgan fingerprint density at radius 2 is 1.05 bits per heavy atom. The van der Waals surface area contributed by atoms with Crippen molar-refractivity contribution in [3.8, 4) is 22.5 Å². The van der Waals surface area contributed by atoms with E-state index in [4.69, 9.17) is 4.99 Å². The quantitative estimate of drug-likeness (QED) is 0.157. The number of fused-ring (bicyclic) bond motifs is 7. The van der Waals surface area contributed by atoms with E-state index in [1.54, 1.807) is 0 Å². The summed E-state index contributed by atoms with van der Waals surface area (Å²) in [6.45, 7) is 2.32. The molecule has 1 aliphatic heterocycles. The van der Waals surface area contributed by atoms with Gasteiger partial charge in [0.25, 0.3) is 0 Å². The Labute approximate surface area is 378 Å². The number of aromatic nitrogens is 2. The van der Waals surface area contributed by atoms with Crippen LogP contribution in [0.15, 0.2) is 241 Å². The zero-order valence-corrected chi connectivity index (χ0v) is 36.0. The number of hydrogen-bond donors (Lipinski definition) is 0. The molecule has 4 nitrogen and oxygen atoms in total. The Morgan fingerprint density at radius 3 is 1.71 bits per heavy atom. The first-order valence-electron chi connectivity index (χ1n) is 22.6. The van der Waals surface area contributed by atoms with Crippen molar-refractivity contribution >= 4 is 65.9 Å². The second-order valence-corrected chi connectivity index (χ2v) is 17.7. The molecule has 13 rings (SSSR count). The minimum Gasteiger partial charge on any atom is -0.309 e. The molecular formula is C61H44N4. The van der Waals surface area contributed by atoms with E-state index >= 15 is 0 Å². The van der Waals surface area contributed by atoms with Crippen LogP contribution in [0, 0.1) is 0 Å². The zero-order valence-electron chi connectivity index (χ0n) is 36.0.